The number of aromatic nitrogens is 1. The first-order valence-electron chi connectivity index (χ1n) is 14.7. The first kappa shape index (κ1) is 30.6. The summed E-state index contributed by atoms with van der Waals surface area (Å²) < 4.78 is 28.7. The molecule has 3 heterocycles. The molecular formula is C31H43N3O7. The zero-order chi connectivity index (χ0) is 29.0. The molecule has 2 aliphatic rings. The Kier molecular flexibility index (Phi) is 11.6. The molecule has 1 fully saturated rings. The molecule has 0 spiro atoms. The molecule has 0 aliphatic carbocycles. The number of rotatable bonds is 5. The molecule has 1 aromatic carbocycles. The third-order valence-electron chi connectivity index (χ3n) is 7.62. The Bertz CT molecular complexity index is 1160. The summed E-state index contributed by atoms with van der Waals surface area (Å²) in [5.74, 6) is 0.432. The van der Waals surface area contributed by atoms with Crippen molar-refractivity contribution in [2.45, 2.75) is 51.6 Å². The Balaban J connectivity index is 1.51. The molecule has 224 valence electrons. The number of pyridine rings is 1. The van der Waals surface area contributed by atoms with Crippen LogP contribution >= 0.6 is 0 Å². The highest BCUT2D eigenvalue weighted by Gasteiger charge is 2.22. The minimum atomic E-state index is -0.427. The van der Waals surface area contributed by atoms with Gasteiger partial charge in [0.2, 0.25) is 5.75 Å². The van der Waals surface area contributed by atoms with Crippen molar-refractivity contribution in [3.8, 4) is 17.2 Å². The van der Waals surface area contributed by atoms with Crippen molar-refractivity contribution < 1.29 is 33.3 Å². The highest BCUT2D eigenvalue weighted by molar-refractivity contribution is 5.91. The van der Waals surface area contributed by atoms with Crippen molar-refractivity contribution in [1.82, 2.24) is 14.8 Å². The molecule has 0 radical (unpaired) electrons. The summed E-state index contributed by atoms with van der Waals surface area (Å²) in [6, 6.07) is 5.09. The van der Waals surface area contributed by atoms with Gasteiger partial charge >= 0.3 is 11.9 Å². The van der Waals surface area contributed by atoms with E-state index in [9.17, 15) is 9.59 Å². The number of aryl methyl sites for hydroxylation is 1. The number of cyclic esters (lactones) is 1. The fraction of sp³-hybridized carbons (Fsp3) is 0.581. The van der Waals surface area contributed by atoms with Crippen molar-refractivity contribution in [3.63, 3.8) is 0 Å². The third kappa shape index (κ3) is 8.81. The van der Waals surface area contributed by atoms with Gasteiger partial charge in [0, 0.05) is 38.6 Å². The summed E-state index contributed by atoms with van der Waals surface area (Å²) >= 11 is 0. The molecular weight excluding hydrogens is 526 g/mol. The molecule has 1 aromatic heterocycles. The molecule has 10 heteroatoms. The Hall–Kier alpha value is -3.37. The maximum absolute atomic E-state index is 13.1. The van der Waals surface area contributed by atoms with Crippen molar-refractivity contribution in [1.29, 1.82) is 0 Å². The lowest BCUT2D eigenvalue weighted by atomic mass is 10.1. The lowest BCUT2D eigenvalue weighted by Crippen LogP contribution is -2.34. The number of fused-ring (bicyclic) bond motifs is 5. The molecule has 1 saturated heterocycles. The maximum atomic E-state index is 13.1. The number of hydrogen-bond acceptors (Lipinski definition) is 10. The Labute approximate surface area is 242 Å². The minimum Gasteiger partial charge on any atom is -0.493 e. The average Bonchev–Trinajstić information content (AvgIpc) is 3.23. The number of nitrogens with zero attached hydrogens (tertiary/aromatic N) is 3. The molecule has 3 atom stereocenters. The summed E-state index contributed by atoms with van der Waals surface area (Å²) in [5.41, 5.74) is 1.82. The van der Waals surface area contributed by atoms with Gasteiger partial charge in [-0.25, -0.2) is 9.59 Å². The normalized spacial score (nSPS) is 22.6. The zero-order valence-electron chi connectivity index (χ0n) is 24.6. The summed E-state index contributed by atoms with van der Waals surface area (Å²) in [6.45, 7) is 8.37. The molecule has 0 saturated carbocycles. The van der Waals surface area contributed by atoms with E-state index >= 15 is 0 Å². The van der Waals surface area contributed by atoms with E-state index in [1.54, 1.807) is 24.5 Å². The van der Waals surface area contributed by atoms with Crippen LogP contribution in [0.15, 0.2) is 30.6 Å². The lowest BCUT2D eigenvalue weighted by molar-refractivity contribution is 0.0221. The second-order valence-corrected chi connectivity index (χ2v) is 10.5. The van der Waals surface area contributed by atoms with Crippen LogP contribution in [0.3, 0.4) is 0 Å². The highest BCUT2D eigenvalue weighted by Crippen LogP contribution is 2.39. The average molecular weight is 570 g/mol. The Morgan fingerprint density at radius 2 is 1.66 bits per heavy atom. The molecule has 41 heavy (non-hydrogen) atoms. The van der Waals surface area contributed by atoms with Crippen LogP contribution in [-0.2, 0) is 15.9 Å². The minimum absolute atomic E-state index is 0.268. The van der Waals surface area contributed by atoms with Crippen molar-refractivity contribution in [3.05, 3.63) is 47.3 Å². The second kappa shape index (κ2) is 15.6. The number of carbonyl (C=O) groups excluding carboxylic acids is 2. The fourth-order valence-electron chi connectivity index (χ4n) is 5.26. The van der Waals surface area contributed by atoms with Crippen LogP contribution in [0, 0.1) is 0 Å². The molecule has 3 unspecified atom stereocenters. The summed E-state index contributed by atoms with van der Waals surface area (Å²) in [5, 5.41) is 0. The van der Waals surface area contributed by atoms with Gasteiger partial charge < -0.3 is 33.5 Å². The number of hydrogen-bond donors (Lipinski definition) is 0. The quantitative estimate of drug-likeness (QED) is 0.491. The van der Waals surface area contributed by atoms with Gasteiger partial charge in [-0.05, 0) is 75.4 Å². The predicted octanol–water partition coefficient (Wildman–Crippen LogP) is 4.00. The first-order valence-corrected chi connectivity index (χ1v) is 14.7. The lowest BCUT2D eigenvalue weighted by Gasteiger charge is -2.24. The molecule has 0 N–H and O–H groups in total. The number of carbonyl (C=O) groups is 2. The second-order valence-electron chi connectivity index (χ2n) is 10.5. The summed E-state index contributed by atoms with van der Waals surface area (Å²) in [4.78, 5) is 35.0. The van der Waals surface area contributed by atoms with Gasteiger partial charge in [0.25, 0.3) is 0 Å². The van der Waals surface area contributed by atoms with E-state index in [-0.39, 0.29) is 12.1 Å². The van der Waals surface area contributed by atoms with E-state index in [1.165, 1.54) is 14.2 Å². The third-order valence-corrected chi connectivity index (χ3v) is 7.62. The van der Waals surface area contributed by atoms with E-state index in [0.717, 1.165) is 70.5 Å². The zero-order valence-corrected chi connectivity index (χ0v) is 24.6. The Morgan fingerprint density at radius 3 is 2.41 bits per heavy atom. The fourth-order valence-corrected chi connectivity index (χ4v) is 5.26. The molecule has 10 nitrogen and oxygen atoms in total. The SMILES string of the molecule is CCc1cncc(C(=O)OC2CCCOc3cc(cc(OC)c3OC)C(=O)OCCCN3CCCN(CC2)CC3)c1. The van der Waals surface area contributed by atoms with E-state index < -0.39 is 5.97 Å². The predicted molar refractivity (Wildman–Crippen MR) is 154 cm³/mol. The number of esters is 2. The summed E-state index contributed by atoms with van der Waals surface area (Å²) in [6.07, 6.45) is 7.71. The Morgan fingerprint density at radius 1 is 0.902 bits per heavy atom. The van der Waals surface area contributed by atoms with Crippen LogP contribution < -0.4 is 14.2 Å². The standard InChI is InChI=1S/C31H43N3O7/c1-4-23-18-25(22-32-21-23)31(36)41-26-8-5-16-39-28-20-24(19-27(37-2)29(28)38-3)30(35)40-17-7-12-33-10-6-11-34(13-9-26)15-14-33/h18-22,26H,4-17H2,1-3H3. The monoisotopic (exact) mass is 569 g/mol. The van der Waals surface area contributed by atoms with Gasteiger partial charge in [-0.3, -0.25) is 4.98 Å². The first-order chi connectivity index (χ1) is 20.0. The van der Waals surface area contributed by atoms with Crippen molar-refractivity contribution >= 4 is 11.9 Å². The van der Waals surface area contributed by atoms with Crippen LogP contribution in [0.4, 0.5) is 0 Å². The van der Waals surface area contributed by atoms with Crippen LogP contribution in [-0.4, -0.2) is 99.5 Å². The van der Waals surface area contributed by atoms with Crippen molar-refractivity contribution in [2.24, 2.45) is 0 Å². The van der Waals surface area contributed by atoms with Gasteiger partial charge in [0.15, 0.2) is 11.5 Å². The maximum Gasteiger partial charge on any atom is 0.339 e. The van der Waals surface area contributed by atoms with Crippen LogP contribution in [0.25, 0.3) is 0 Å². The molecule has 2 aliphatic heterocycles. The molecule has 2 aromatic rings. The number of ether oxygens (including phenoxy) is 5. The number of benzene rings is 1. The van der Waals surface area contributed by atoms with Gasteiger partial charge in [-0.1, -0.05) is 6.92 Å². The molecule has 4 bridgehead atoms. The van der Waals surface area contributed by atoms with Crippen LogP contribution in [0.1, 0.15) is 65.3 Å². The highest BCUT2D eigenvalue weighted by atomic mass is 16.5. The molecule has 0 amide bonds. The topological polar surface area (TPSA) is 99.7 Å². The molecule has 4 rings (SSSR count). The van der Waals surface area contributed by atoms with Gasteiger partial charge in [-0.15, -0.1) is 0 Å². The van der Waals surface area contributed by atoms with E-state index in [0.29, 0.717) is 54.4 Å². The van der Waals surface area contributed by atoms with E-state index in [2.05, 4.69) is 14.8 Å². The van der Waals surface area contributed by atoms with Gasteiger partial charge in [0.05, 0.1) is 38.6 Å². The largest absolute Gasteiger partial charge is 0.493 e. The van der Waals surface area contributed by atoms with E-state index in [4.69, 9.17) is 23.7 Å². The van der Waals surface area contributed by atoms with Crippen LogP contribution in [0.5, 0.6) is 17.2 Å². The van der Waals surface area contributed by atoms with Crippen LogP contribution in [0.2, 0.25) is 0 Å². The van der Waals surface area contributed by atoms with Gasteiger partial charge in [0.1, 0.15) is 6.10 Å². The summed E-state index contributed by atoms with van der Waals surface area (Å²) in [7, 11) is 3.05. The van der Waals surface area contributed by atoms with Crippen molar-refractivity contribution in [2.75, 3.05) is 66.7 Å². The number of methoxy groups -OCH3 is 2. The van der Waals surface area contributed by atoms with E-state index in [1.807, 2.05) is 13.0 Å². The van der Waals surface area contributed by atoms with Gasteiger partial charge in [-0.2, -0.15) is 0 Å². The smallest absolute Gasteiger partial charge is 0.339 e.